The molecule has 0 unspecified atom stereocenters. The Balaban J connectivity index is 2.34. The number of halogens is 1. The molecule has 0 aliphatic rings. The lowest BCUT2D eigenvalue weighted by Gasteiger charge is -2.10. The van der Waals surface area contributed by atoms with Crippen molar-refractivity contribution in [3.05, 3.63) is 61.6 Å². The predicted octanol–water partition coefficient (Wildman–Crippen LogP) is 4.26. The van der Waals surface area contributed by atoms with Gasteiger partial charge in [0, 0.05) is 10.5 Å². The molecule has 2 aromatic rings. The summed E-state index contributed by atoms with van der Waals surface area (Å²) in [5.74, 6) is 1.09. The zero-order valence-electron chi connectivity index (χ0n) is 11.6. The van der Waals surface area contributed by atoms with Crippen LogP contribution in [-0.2, 0) is 6.61 Å². The number of hydrogen-bond donors (Lipinski definition) is 1. The molecule has 0 saturated heterocycles. The first kappa shape index (κ1) is 15.5. The number of nitrogens with zero attached hydrogens (tertiary/aromatic N) is 1. The molecule has 0 atom stereocenters. The highest BCUT2D eigenvalue weighted by Crippen LogP contribution is 2.31. The monoisotopic (exact) mass is 351 g/mol. The molecule has 0 radical (unpaired) electrons. The van der Waals surface area contributed by atoms with Crippen LogP contribution in [-0.4, -0.2) is 10.0 Å². The minimum atomic E-state index is -0.525. The van der Waals surface area contributed by atoms with Gasteiger partial charge in [0.25, 0.3) is 5.69 Å². The normalized spacial score (nSPS) is 10.5. The Morgan fingerprint density at radius 1 is 1.19 bits per heavy atom. The highest BCUT2D eigenvalue weighted by Gasteiger charge is 2.14. The second-order valence-corrected chi connectivity index (χ2v) is 5.47. The molecule has 0 aliphatic carbocycles. The standard InChI is InChI=1S/C15H14BrNO4/c1-9-5-13(6-10(2)15(9)16)21-12-3-4-14(17(19)20)11(7-12)8-18/h3-7,18H,8H2,1-2H3. The van der Waals surface area contributed by atoms with Crippen LogP contribution in [0.4, 0.5) is 5.69 Å². The Morgan fingerprint density at radius 3 is 2.33 bits per heavy atom. The summed E-state index contributed by atoms with van der Waals surface area (Å²) in [5.41, 5.74) is 2.18. The lowest BCUT2D eigenvalue weighted by Crippen LogP contribution is -1.96. The van der Waals surface area contributed by atoms with Gasteiger partial charge in [0.2, 0.25) is 0 Å². The maximum absolute atomic E-state index is 10.8. The van der Waals surface area contributed by atoms with Gasteiger partial charge in [0.1, 0.15) is 11.5 Å². The van der Waals surface area contributed by atoms with Gasteiger partial charge in [0.15, 0.2) is 0 Å². The van der Waals surface area contributed by atoms with Crippen LogP contribution in [0, 0.1) is 24.0 Å². The second-order valence-electron chi connectivity index (χ2n) is 4.68. The van der Waals surface area contributed by atoms with Crippen LogP contribution >= 0.6 is 15.9 Å². The summed E-state index contributed by atoms with van der Waals surface area (Å²) < 4.78 is 6.74. The van der Waals surface area contributed by atoms with E-state index in [1.165, 1.54) is 18.2 Å². The maximum atomic E-state index is 10.8. The van der Waals surface area contributed by atoms with Crippen molar-refractivity contribution in [3.8, 4) is 11.5 Å². The number of ether oxygens (including phenoxy) is 1. The lowest BCUT2D eigenvalue weighted by atomic mass is 10.1. The Kier molecular flexibility index (Phi) is 4.59. The minimum Gasteiger partial charge on any atom is -0.457 e. The number of aliphatic hydroxyl groups is 1. The van der Waals surface area contributed by atoms with Crippen LogP contribution < -0.4 is 4.74 Å². The van der Waals surface area contributed by atoms with Gasteiger partial charge in [0.05, 0.1) is 17.1 Å². The van der Waals surface area contributed by atoms with Crippen molar-refractivity contribution in [3.63, 3.8) is 0 Å². The number of aryl methyl sites for hydroxylation is 2. The van der Waals surface area contributed by atoms with Gasteiger partial charge in [-0.3, -0.25) is 10.1 Å². The smallest absolute Gasteiger partial charge is 0.275 e. The average Bonchev–Trinajstić information content (AvgIpc) is 2.44. The molecule has 6 heteroatoms. The fourth-order valence-corrected chi connectivity index (χ4v) is 2.26. The number of nitro benzene ring substituents is 1. The van der Waals surface area contributed by atoms with Crippen LogP contribution in [0.25, 0.3) is 0 Å². The van der Waals surface area contributed by atoms with E-state index >= 15 is 0 Å². The number of aliphatic hydroxyl groups excluding tert-OH is 1. The van der Waals surface area contributed by atoms with E-state index in [9.17, 15) is 15.2 Å². The predicted molar refractivity (Wildman–Crippen MR) is 82.7 cm³/mol. The fraction of sp³-hybridized carbons (Fsp3) is 0.200. The fourth-order valence-electron chi connectivity index (χ4n) is 2.03. The summed E-state index contributed by atoms with van der Waals surface area (Å²) in [6, 6.07) is 8.07. The third-order valence-electron chi connectivity index (χ3n) is 3.06. The molecule has 5 nitrogen and oxygen atoms in total. The summed E-state index contributed by atoms with van der Waals surface area (Å²) >= 11 is 3.48. The first-order chi connectivity index (χ1) is 9.92. The lowest BCUT2D eigenvalue weighted by molar-refractivity contribution is -0.385. The van der Waals surface area contributed by atoms with Crippen molar-refractivity contribution < 1.29 is 14.8 Å². The number of rotatable bonds is 4. The molecule has 0 heterocycles. The van der Waals surface area contributed by atoms with Crippen LogP contribution in [0.5, 0.6) is 11.5 Å². The molecule has 0 fully saturated rings. The Hall–Kier alpha value is -1.92. The van der Waals surface area contributed by atoms with Crippen LogP contribution in [0.15, 0.2) is 34.8 Å². The Labute approximate surface area is 130 Å². The van der Waals surface area contributed by atoms with E-state index in [-0.39, 0.29) is 11.3 Å². The second kappa shape index (κ2) is 6.24. The van der Waals surface area contributed by atoms with Crippen molar-refractivity contribution in [1.29, 1.82) is 0 Å². The molecule has 0 saturated carbocycles. The molecule has 0 spiro atoms. The molecular formula is C15H14BrNO4. The summed E-state index contributed by atoms with van der Waals surface area (Å²) in [6.07, 6.45) is 0. The van der Waals surface area contributed by atoms with Crippen molar-refractivity contribution in [2.75, 3.05) is 0 Å². The van der Waals surface area contributed by atoms with E-state index in [4.69, 9.17) is 4.74 Å². The molecule has 21 heavy (non-hydrogen) atoms. The molecule has 0 amide bonds. The minimum absolute atomic E-state index is 0.118. The molecule has 2 aromatic carbocycles. The van der Waals surface area contributed by atoms with E-state index in [2.05, 4.69) is 15.9 Å². The van der Waals surface area contributed by atoms with E-state index in [1.807, 2.05) is 26.0 Å². The summed E-state index contributed by atoms with van der Waals surface area (Å²) in [4.78, 5) is 10.3. The largest absolute Gasteiger partial charge is 0.457 e. The van der Waals surface area contributed by atoms with Gasteiger partial charge in [-0.15, -0.1) is 0 Å². The van der Waals surface area contributed by atoms with Gasteiger partial charge in [-0.05, 0) is 49.2 Å². The first-order valence-corrected chi connectivity index (χ1v) is 7.04. The maximum Gasteiger partial charge on any atom is 0.275 e. The van der Waals surface area contributed by atoms with Gasteiger partial charge >= 0.3 is 0 Å². The SMILES string of the molecule is Cc1cc(Oc2ccc([N+](=O)[O-])c(CO)c2)cc(C)c1Br. The molecule has 0 bridgehead atoms. The van der Waals surface area contributed by atoms with Crippen molar-refractivity contribution >= 4 is 21.6 Å². The van der Waals surface area contributed by atoms with Crippen molar-refractivity contribution in [1.82, 2.24) is 0 Å². The van der Waals surface area contributed by atoms with E-state index < -0.39 is 11.5 Å². The number of hydrogen-bond acceptors (Lipinski definition) is 4. The van der Waals surface area contributed by atoms with Crippen molar-refractivity contribution in [2.24, 2.45) is 0 Å². The highest BCUT2D eigenvalue weighted by molar-refractivity contribution is 9.10. The third kappa shape index (κ3) is 3.40. The first-order valence-electron chi connectivity index (χ1n) is 6.25. The van der Waals surface area contributed by atoms with E-state index in [1.54, 1.807) is 0 Å². The molecule has 2 rings (SSSR count). The molecule has 0 aromatic heterocycles. The number of nitro groups is 1. The average molecular weight is 352 g/mol. The molecule has 0 aliphatic heterocycles. The Morgan fingerprint density at radius 2 is 1.81 bits per heavy atom. The zero-order valence-corrected chi connectivity index (χ0v) is 13.2. The van der Waals surface area contributed by atoms with E-state index in [0.717, 1.165) is 15.6 Å². The zero-order chi connectivity index (χ0) is 15.6. The summed E-state index contributed by atoms with van der Waals surface area (Å²) in [7, 11) is 0. The van der Waals surface area contributed by atoms with Crippen molar-refractivity contribution in [2.45, 2.75) is 20.5 Å². The molecule has 110 valence electrons. The number of benzene rings is 2. The summed E-state index contributed by atoms with van der Waals surface area (Å²) in [6.45, 7) is 3.50. The van der Waals surface area contributed by atoms with Crippen LogP contribution in [0.3, 0.4) is 0 Å². The van der Waals surface area contributed by atoms with Gasteiger partial charge in [-0.1, -0.05) is 15.9 Å². The third-order valence-corrected chi connectivity index (χ3v) is 4.31. The molecular weight excluding hydrogens is 338 g/mol. The topological polar surface area (TPSA) is 72.6 Å². The highest BCUT2D eigenvalue weighted by atomic mass is 79.9. The Bertz CT molecular complexity index is 677. The molecule has 1 N–H and O–H groups in total. The quantitative estimate of drug-likeness (QED) is 0.659. The van der Waals surface area contributed by atoms with Crippen LogP contribution in [0.2, 0.25) is 0 Å². The van der Waals surface area contributed by atoms with E-state index in [0.29, 0.717) is 11.5 Å². The van der Waals surface area contributed by atoms with Crippen LogP contribution in [0.1, 0.15) is 16.7 Å². The van der Waals surface area contributed by atoms with Gasteiger partial charge < -0.3 is 9.84 Å². The summed E-state index contributed by atoms with van der Waals surface area (Å²) in [5, 5.41) is 20.0. The van der Waals surface area contributed by atoms with Gasteiger partial charge in [-0.2, -0.15) is 0 Å². The van der Waals surface area contributed by atoms with Gasteiger partial charge in [-0.25, -0.2) is 0 Å².